The highest BCUT2D eigenvalue weighted by molar-refractivity contribution is 8.05. The topological polar surface area (TPSA) is 121 Å². The summed E-state index contributed by atoms with van der Waals surface area (Å²) in [5, 5.41) is 0. The molecule has 17 heavy (non-hydrogen) atoms. The van der Waals surface area contributed by atoms with Crippen molar-refractivity contribution < 1.29 is 43.6 Å². The van der Waals surface area contributed by atoms with Crippen LogP contribution in [0, 0.1) is 5.92 Å². The molecule has 1 aliphatic rings. The van der Waals surface area contributed by atoms with Crippen LogP contribution in [0.1, 0.15) is 6.92 Å². The van der Waals surface area contributed by atoms with Gasteiger partial charge in [0.25, 0.3) is 0 Å². The Morgan fingerprint density at radius 1 is 1.00 bits per heavy atom. The van der Waals surface area contributed by atoms with E-state index in [0.29, 0.717) is 0 Å². The van der Waals surface area contributed by atoms with E-state index < -0.39 is 42.7 Å². The minimum Gasteiger partial charge on any atom is -0.340 e. The van der Waals surface area contributed by atoms with Crippen LogP contribution < -0.4 is 0 Å². The first kappa shape index (κ1) is 13.8. The van der Waals surface area contributed by atoms with Crippen LogP contribution in [-0.2, 0) is 38.2 Å². The molecule has 0 saturated carbocycles. The Hall–Kier alpha value is -1.30. The molecule has 8 nitrogen and oxygen atoms in total. The molecule has 0 N–H and O–H groups in total. The standard InChI is InChI=1S/C5H4F2O8S2/c1-2-3(8)14-16(10,11)5(6,7)17(12,13)15-4(2)9/h2H,1H3. The molecule has 1 saturated heterocycles. The van der Waals surface area contributed by atoms with Crippen molar-refractivity contribution in [3.05, 3.63) is 0 Å². The largest absolute Gasteiger partial charge is 0.518 e. The van der Waals surface area contributed by atoms with E-state index in [1.165, 1.54) is 0 Å². The summed E-state index contributed by atoms with van der Waals surface area (Å²) in [4.78, 5) is 21.7. The molecule has 1 aliphatic heterocycles. The van der Waals surface area contributed by atoms with Gasteiger partial charge in [-0.15, -0.1) is 0 Å². The summed E-state index contributed by atoms with van der Waals surface area (Å²) in [5.74, 6) is -5.68. The zero-order chi connectivity index (χ0) is 13.6. The van der Waals surface area contributed by atoms with Gasteiger partial charge >= 0.3 is 36.8 Å². The van der Waals surface area contributed by atoms with Crippen molar-refractivity contribution in [2.45, 2.75) is 11.5 Å². The van der Waals surface area contributed by atoms with Crippen molar-refractivity contribution in [1.29, 1.82) is 0 Å². The van der Waals surface area contributed by atoms with Crippen LogP contribution in [0.3, 0.4) is 0 Å². The highest BCUT2D eigenvalue weighted by atomic mass is 32.3. The quantitative estimate of drug-likeness (QED) is 0.409. The minimum atomic E-state index is -6.08. The normalized spacial score (nSPS) is 27.5. The maximum atomic E-state index is 12.9. The molecule has 0 aliphatic carbocycles. The van der Waals surface area contributed by atoms with E-state index >= 15 is 0 Å². The monoisotopic (exact) mass is 294 g/mol. The lowest BCUT2D eigenvalue weighted by Gasteiger charge is -2.20. The molecule has 1 fully saturated rings. The van der Waals surface area contributed by atoms with Crippen molar-refractivity contribution in [2.24, 2.45) is 5.92 Å². The number of alkyl halides is 2. The van der Waals surface area contributed by atoms with Crippen LogP contribution >= 0.6 is 0 Å². The summed E-state index contributed by atoms with van der Waals surface area (Å²) in [5.41, 5.74) is 0. The van der Waals surface area contributed by atoms with E-state index in [4.69, 9.17) is 0 Å². The van der Waals surface area contributed by atoms with Crippen LogP contribution in [-0.4, -0.2) is 33.4 Å². The van der Waals surface area contributed by atoms with Gasteiger partial charge in [0.2, 0.25) is 0 Å². The van der Waals surface area contributed by atoms with Gasteiger partial charge in [-0.1, -0.05) is 0 Å². The number of halogens is 2. The average Bonchev–Trinajstić information content (AvgIpc) is 2.13. The van der Waals surface area contributed by atoms with Gasteiger partial charge < -0.3 is 8.37 Å². The molecular formula is C5H4F2O8S2. The van der Waals surface area contributed by atoms with E-state index in [2.05, 4.69) is 8.37 Å². The first-order chi connectivity index (χ1) is 7.42. The summed E-state index contributed by atoms with van der Waals surface area (Å²) >= 11 is 0. The molecule has 0 amide bonds. The smallest absolute Gasteiger partial charge is 0.340 e. The van der Waals surface area contributed by atoms with Gasteiger partial charge in [0.05, 0.1) is 0 Å². The fourth-order valence-electron chi connectivity index (χ4n) is 0.679. The molecule has 12 heteroatoms. The molecule has 0 bridgehead atoms. The van der Waals surface area contributed by atoms with Gasteiger partial charge in [0.15, 0.2) is 5.92 Å². The van der Waals surface area contributed by atoms with Crippen LogP contribution in [0.2, 0.25) is 0 Å². The third-order valence-electron chi connectivity index (χ3n) is 1.67. The number of rotatable bonds is 0. The Morgan fingerprint density at radius 3 is 1.59 bits per heavy atom. The van der Waals surface area contributed by atoms with Crippen LogP contribution in [0.15, 0.2) is 0 Å². The molecule has 0 atom stereocenters. The summed E-state index contributed by atoms with van der Waals surface area (Å²) in [6.07, 6.45) is 0. The summed E-state index contributed by atoms with van der Waals surface area (Å²) in [6.45, 7) is 0.735. The predicted molar refractivity (Wildman–Crippen MR) is 44.1 cm³/mol. The van der Waals surface area contributed by atoms with Crippen molar-refractivity contribution in [3.63, 3.8) is 0 Å². The Morgan fingerprint density at radius 2 is 1.29 bits per heavy atom. The van der Waals surface area contributed by atoms with Crippen LogP contribution in [0.5, 0.6) is 0 Å². The lowest BCUT2D eigenvalue weighted by atomic mass is 10.2. The maximum absolute atomic E-state index is 12.9. The second-order valence-corrected chi connectivity index (χ2v) is 6.33. The second-order valence-electron chi connectivity index (χ2n) is 2.90. The predicted octanol–water partition coefficient (Wildman–Crippen LogP) is -1.07. The number of hydrogen-bond acceptors (Lipinski definition) is 8. The van der Waals surface area contributed by atoms with Crippen molar-refractivity contribution >= 4 is 32.2 Å². The Kier molecular flexibility index (Phi) is 2.91. The summed E-state index contributed by atoms with van der Waals surface area (Å²) < 4.78 is 70.1. The third-order valence-corrected chi connectivity index (χ3v) is 4.83. The summed E-state index contributed by atoms with van der Waals surface area (Å²) in [6, 6.07) is 0. The molecule has 0 aromatic heterocycles. The maximum Gasteiger partial charge on any atom is 0.518 e. The molecule has 0 unspecified atom stereocenters. The Bertz CT molecular complexity index is 523. The van der Waals surface area contributed by atoms with Gasteiger partial charge in [0.1, 0.15) is 0 Å². The van der Waals surface area contributed by atoms with Crippen molar-refractivity contribution in [2.75, 3.05) is 0 Å². The number of carbonyl (C=O) groups excluding carboxylic acids is 2. The molecule has 1 heterocycles. The highest BCUT2D eigenvalue weighted by Crippen LogP contribution is 2.34. The van der Waals surface area contributed by atoms with Crippen LogP contribution in [0.4, 0.5) is 8.78 Å². The third kappa shape index (κ3) is 1.97. The SMILES string of the molecule is CC1C(=O)OS(=O)(=O)C(F)(F)S(=O)(=O)OC1=O. The van der Waals surface area contributed by atoms with Crippen molar-refractivity contribution in [1.82, 2.24) is 0 Å². The molecule has 0 aromatic carbocycles. The van der Waals surface area contributed by atoms with Gasteiger partial charge in [-0.2, -0.15) is 25.6 Å². The lowest BCUT2D eigenvalue weighted by molar-refractivity contribution is -0.151. The Labute approximate surface area is 93.7 Å². The molecule has 1 rings (SSSR count). The number of hydrogen-bond donors (Lipinski definition) is 0. The van der Waals surface area contributed by atoms with Gasteiger partial charge in [-0.05, 0) is 6.92 Å². The van der Waals surface area contributed by atoms with E-state index in [0.717, 1.165) is 6.92 Å². The van der Waals surface area contributed by atoms with E-state index in [-0.39, 0.29) is 0 Å². The molecular weight excluding hydrogens is 290 g/mol. The van der Waals surface area contributed by atoms with E-state index in [9.17, 15) is 35.2 Å². The molecule has 0 spiro atoms. The molecule has 98 valence electrons. The van der Waals surface area contributed by atoms with Gasteiger partial charge in [0, 0.05) is 0 Å². The fraction of sp³-hybridized carbons (Fsp3) is 0.600. The average molecular weight is 294 g/mol. The zero-order valence-corrected chi connectivity index (χ0v) is 9.55. The molecule has 0 radical (unpaired) electrons. The van der Waals surface area contributed by atoms with Gasteiger partial charge in [-0.3, -0.25) is 0 Å². The number of carbonyl (C=O) groups is 2. The first-order valence-electron chi connectivity index (χ1n) is 3.76. The second kappa shape index (κ2) is 3.60. The Balaban J connectivity index is 3.47. The first-order valence-corrected chi connectivity index (χ1v) is 6.57. The zero-order valence-electron chi connectivity index (χ0n) is 7.92. The van der Waals surface area contributed by atoms with Crippen LogP contribution in [0.25, 0.3) is 0 Å². The molecule has 0 aromatic rings. The lowest BCUT2D eigenvalue weighted by Crippen LogP contribution is -2.46. The fourth-order valence-corrected chi connectivity index (χ4v) is 2.80. The van der Waals surface area contributed by atoms with Crippen molar-refractivity contribution in [3.8, 4) is 0 Å². The minimum absolute atomic E-state index is 0.735. The highest BCUT2D eigenvalue weighted by Gasteiger charge is 2.65. The van der Waals surface area contributed by atoms with E-state index in [1.54, 1.807) is 0 Å². The summed E-state index contributed by atoms with van der Waals surface area (Å²) in [7, 11) is -12.2. The van der Waals surface area contributed by atoms with Gasteiger partial charge in [-0.25, -0.2) is 9.59 Å². The van der Waals surface area contributed by atoms with E-state index in [1.807, 2.05) is 0 Å².